The number of rotatable bonds is 8. The van der Waals surface area contributed by atoms with Gasteiger partial charge in [0, 0.05) is 17.3 Å². The van der Waals surface area contributed by atoms with E-state index in [-0.39, 0.29) is 24.5 Å². The van der Waals surface area contributed by atoms with E-state index in [1.165, 1.54) is 18.4 Å². The number of ether oxygens (including phenoxy) is 1. The molecule has 31 heavy (non-hydrogen) atoms. The molecule has 1 aromatic carbocycles. The van der Waals surface area contributed by atoms with E-state index < -0.39 is 0 Å². The van der Waals surface area contributed by atoms with Gasteiger partial charge in [0.2, 0.25) is 0 Å². The fraction of sp³-hybridized carbons (Fsp3) is 0.333. The maximum atomic E-state index is 13.3. The minimum atomic E-state index is -0.0882. The molecule has 1 amide bonds. The molecule has 5 rings (SSSR count). The van der Waals surface area contributed by atoms with Crippen molar-refractivity contribution in [1.82, 2.24) is 10.3 Å². The summed E-state index contributed by atoms with van der Waals surface area (Å²) >= 11 is 1.65. The summed E-state index contributed by atoms with van der Waals surface area (Å²) in [6.45, 7) is 0.240. The molecule has 0 spiro atoms. The third kappa shape index (κ3) is 4.29. The number of hydrazone groups is 1. The van der Waals surface area contributed by atoms with Crippen molar-refractivity contribution >= 4 is 23.0 Å². The predicted octanol–water partition coefficient (Wildman–Crippen LogP) is 4.77. The highest BCUT2D eigenvalue weighted by Crippen LogP contribution is 2.41. The molecule has 1 fully saturated rings. The molecule has 3 heterocycles. The second-order valence-corrected chi connectivity index (χ2v) is 8.95. The number of hydrogen-bond donors (Lipinski definition) is 1. The molecule has 7 heteroatoms. The zero-order chi connectivity index (χ0) is 21.2. The minimum absolute atomic E-state index is 0.0286. The predicted molar refractivity (Wildman–Crippen MR) is 120 cm³/mol. The Hall–Kier alpha value is -2.90. The molecule has 1 aliphatic heterocycles. The second kappa shape index (κ2) is 8.69. The van der Waals surface area contributed by atoms with Crippen LogP contribution < -0.4 is 10.1 Å². The van der Waals surface area contributed by atoms with Crippen LogP contribution in [0.5, 0.6) is 5.75 Å². The molecule has 2 aliphatic rings. The van der Waals surface area contributed by atoms with E-state index in [1.807, 2.05) is 35.7 Å². The fourth-order valence-electron chi connectivity index (χ4n) is 4.11. The summed E-state index contributed by atoms with van der Waals surface area (Å²) in [7, 11) is 1.67. The van der Waals surface area contributed by atoms with E-state index in [0.717, 1.165) is 22.1 Å². The van der Waals surface area contributed by atoms with Gasteiger partial charge in [-0.05, 0) is 60.0 Å². The molecular weight excluding hydrogens is 410 g/mol. The van der Waals surface area contributed by atoms with E-state index in [4.69, 9.17) is 9.15 Å². The standard InChI is InChI=1S/C24H25N3O3S/c1-29-18-10-8-17(9-11-18)24(16-6-7-16)25-15-23(28)27-20(22-5-3-13-31-22)14-19(26-27)21-4-2-12-30-21/h2-5,8-13,16,20,24-25H,6-7,14-15H2,1H3. The Kier molecular flexibility index (Phi) is 5.61. The molecule has 2 unspecified atom stereocenters. The van der Waals surface area contributed by atoms with Crippen LogP contribution in [-0.4, -0.2) is 30.3 Å². The molecule has 3 aromatic rings. The van der Waals surface area contributed by atoms with Crippen LogP contribution in [-0.2, 0) is 4.79 Å². The van der Waals surface area contributed by atoms with Crippen molar-refractivity contribution < 1.29 is 13.9 Å². The van der Waals surface area contributed by atoms with Crippen molar-refractivity contribution in [3.05, 3.63) is 76.4 Å². The highest BCUT2D eigenvalue weighted by atomic mass is 32.1. The number of carbonyl (C=O) groups is 1. The Morgan fingerprint density at radius 2 is 2.10 bits per heavy atom. The zero-order valence-electron chi connectivity index (χ0n) is 17.4. The number of benzene rings is 1. The minimum Gasteiger partial charge on any atom is -0.497 e. The van der Waals surface area contributed by atoms with Gasteiger partial charge in [-0.15, -0.1) is 11.3 Å². The van der Waals surface area contributed by atoms with E-state index in [9.17, 15) is 4.79 Å². The number of carbonyl (C=O) groups excluding carboxylic acids is 1. The molecule has 2 aromatic heterocycles. The lowest BCUT2D eigenvalue weighted by atomic mass is 10.0. The number of amides is 1. The molecule has 160 valence electrons. The molecule has 2 atom stereocenters. The van der Waals surface area contributed by atoms with Crippen LogP contribution in [0.25, 0.3) is 0 Å². The Morgan fingerprint density at radius 1 is 1.26 bits per heavy atom. The van der Waals surface area contributed by atoms with Gasteiger partial charge in [-0.2, -0.15) is 5.10 Å². The topological polar surface area (TPSA) is 67.1 Å². The molecule has 0 saturated heterocycles. The van der Waals surface area contributed by atoms with E-state index in [0.29, 0.717) is 12.3 Å². The van der Waals surface area contributed by atoms with Crippen LogP contribution in [0.1, 0.15) is 47.5 Å². The molecule has 1 N–H and O–H groups in total. The lowest BCUT2D eigenvalue weighted by Crippen LogP contribution is -2.37. The average molecular weight is 436 g/mol. The summed E-state index contributed by atoms with van der Waals surface area (Å²) in [5.74, 6) is 2.10. The fourth-order valence-corrected chi connectivity index (χ4v) is 4.92. The van der Waals surface area contributed by atoms with Gasteiger partial charge in [-0.3, -0.25) is 4.79 Å². The molecule has 0 bridgehead atoms. The maximum absolute atomic E-state index is 13.3. The van der Waals surface area contributed by atoms with Crippen molar-refractivity contribution in [1.29, 1.82) is 0 Å². The van der Waals surface area contributed by atoms with Crippen LogP contribution in [0.4, 0.5) is 0 Å². The number of furan rings is 1. The summed E-state index contributed by atoms with van der Waals surface area (Å²) in [5.41, 5.74) is 2.00. The molecule has 1 saturated carbocycles. The average Bonchev–Trinajstić information content (AvgIpc) is 3.23. The van der Waals surface area contributed by atoms with Crippen molar-refractivity contribution in [3.63, 3.8) is 0 Å². The summed E-state index contributed by atoms with van der Waals surface area (Å²) in [6.07, 6.45) is 4.66. The van der Waals surface area contributed by atoms with Gasteiger partial charge in [0.05, 0.1) is 26.0 Å². The first kappa shape index (κ1) is 20.0. The van der Waals surface area contributed by atoms with Gasteiger partial charge in [-0.1, -0.05) is 18.2 Å². The van der Waals surface area contributed by atoms with Gasteiger partial charge in [0.1, 0.15) is 17.2 Å². The van der Waals surface area contributed by atoms with E-state index in [1.54, 1.807) is 29.7 Å². The number of nitrogens with one attached hydrogen (secondary N) is 1. The molecule has 1 aliphatic carbocycles. The van der Waals surface area contributed by atoms with Crippen molar-refractivity contribution in [2.75, 3.05) is 13.7 Å². The first-order valence-electron chi connectivity index (χ1n) is 10.6. The lowest BCUT2D eigenvalue weighted by molar-refractivity contribution is -0.132. The first-order valence-corrected chi connectivity index (χ1v) is 11.4. The van der Waals surface area contributed by atoms with Gasteiger partial charge in [0.15, 0.2) is 0 Å². The van der Waals surface area contributed by atoms with Crippen LogP contribution in [0.2, 0.25) is 0 Å². The van der Waals surface area contributed by atoms with Gasteiger partial charge < -0.3 is 14.5 Å². The van der Waals surface area contributed by atoms with Crippen LogP contribution in [0.3, 0.4) is 0 Å². The second-order valence-electron chi connectivity index (χ2n) is 7.97. The quantitative estimate of drug-likeness (QED) is 0.554. The van der Waals surface area contributed by atoms with Crippen LogP contribution in [0.15, 0.2) is 69.7 Å². The van der Waals surface area contributed by atoms with E-state index in [2.05, 4.69) is 28.6 Å². The summed E-state index contributed by atoms with van der Waals surface area (Å²) in [6, 6.07) is 16.0. The lowest BCUT2D eigenvalue weighted by Gasteiger charge is -2.23. The Morgan fingerprint density at radius 3 is 2.74 bits per heavy atom. The summed E-state index contributed by atoms with van der Waals surface area (Å²) in [5, 5.41) is 11.8. The number of methoxy groups -OCH3 is 1. The highest BCUT2D eigenvalue weighted by molar-refractivity contribution is 7.10. The normalized spacial score (nSPS) is 19.3. The third-order valence-electron chi connectivity index (χ3n) is 5.88. The molecular formula is C24H25N3O3S. The smallest absolute Gasteiger partial charge is 0.257 e. The van der Waals surface area contributed by atoms with Crippen LogP contribution in [0, 0.1) is 5.92 Å². The third-order valence-corrected chi connectivity index (χ3v) is 6.86. The van der Waals surface area contributed by atoms with Crippen molar-refractivity contribution in [2.24, 2.45) is 11.0 Å². The highest BCUT2D eigenvalue weighted by Gasteiger charge is 2.36. The maximum Gasteiger partial charge on any atom is 0.257 e. The molecule has 0 radical (unpaired) electrons. The van der Waals surface area contributed by atoms with Gasteiger partial charge in [-0.25, -0.2) is 5.01 Å². The molecule has 6 nitrogen and oxygen atoms in total. The monoisotopic (exact) mass is 435 g/mol. The Labute approximate surface area is 185 Å². The largest absolute Gasteiger partial charge is 0.497 e. The van der Waals surface area contributed by atoms with Crippen LogP contribution >= 0.6 is 11.3 Å². The number of nitrogens with zero attached hydrogens (tertiary/aromatic N) is 2. The Balaban J connectivity index is 1.32. The van der Waals surface area contributed by atoms with Crippen molar-refractivity contribution in [2.45, 2.75) is 31.3 Å². The van der Waals surface area contributed by atoms with Crippen molar-refractivity contribution in [3.8, 4) is 5.75 Å². The SMILES string of the molecule is COc1ccc(C(NCC(=O)N2N=C(c3ccco3)CC2c2cccs2)C2CC2)cc1. The summed E-state index contributed by atoms with van der Waals surface area (Å²) in [4.78, 5) is 14.4. The van der Waals surface area contributed by atoms with E-state index >= 15 is 0 Å². The van der Waals surface area contributed by atoms with Gasteiger partial charge >= 0.3 is 0 Å². The number of hydrogen-bond acceptors (Lipinski definition) is 6. The summed E-state index contributed by atoms with van der Waals surface area (Å²) < 4.78 is 10.8. The zero-order valence-corrected chi connectivity index (χ0v) is 18.2. The Bertz CT molecular complexity index is 1040. The number of thiophene rings is 1. The van der Waals surface area contributed by atoms with Gasteiger partial charge in [0.25, 0.3) is 5.91 Å². The first-order chi connectivity index (χ1) is 15.2.